The van der Waals surface area contributed by atoms with Gasteiger partial charge in [-0.15, -0.1) is 11.3 Å². The van der Waals surface area contributed by atoms with Gasteiger partial charge in [0.2, 0.25) is 0 Å². The predicted molar refractivity (Wildman–Crippen MR) is 217 cm³/mol. The van der Waals surface area contributed by atoms with Gasteiger partial charge in [0.05, 0.1) is 5.41 Å². The maximum absolute atomic E-state index is 2.47. The fourth-order valence-electron chi connectivity index (χ4n) is 8.40. The van der Waals surface area contributed by atoms with Gasteiger partial charge in [-0.05, 0) is 93.0 Å². The molecule has 0 amide bonds. The third-order valence-electron chi connectivity index (χ3n) is 10.6. The van der Waals surface area contributed by atoms with Gasteiger partial charge < -0.3 is 4.90 Å². The second-order valence-electron chi connectivity index (χ2n) is 13.3. The molecule has 0 unspecified atom stereocenters. The van der Waals surface area contributed by atoms with Crippen molar-refractivity contribution < 1.29 is 0 Å². The van der Waals surface area contributed by atoms with Gasteiger partial charge in [-0.25, -0.2) is 0 Å². The minimum Gasteiger partial charge on any atom is -0.311 e. The number of para-hydroxylation sites is 2. The van der Waals surface area contributed by atoms with Crippen LogP contribution in [0.15, 0.2) is 200 Å². The normalized spacial score (nSPS) is 12.9. The van der Waals surface area contributed by atoms with Gasteiger partial charge >= 0.3 is 0 Å². The summed E-state index contributed by atoms with van der Waals surface area (Å²) in [6.45, 7) is 0. The molecule has 1 aliphatic rings. The average Bonchev–Trinajstić information content (AvgIpc) is 3.73. The maximum atomic E-state index is 2.47. The Morgan fingerprint density at radius 3 is 1.53 bits per heavy atom. The van der Waals surface area contributed by atoms with Crippen LogP contribution < -0.4 is 4.90 Å². The summed E-state index contributed by atoms with van der Waals surface area (Å²) in [5.74, 6) is 0. The molecule has 0 bridgehead atoms. The molecule has 1 aromatic heterocycles. The SMILES string of the molecule is c1ccc(N(c2ccccc2)c2ccc(-c3cccc4sc5cc(C6(c7ccccc7)c7ccccc7-c7ccccc76)ccc5c34)cc2)cc1. The highest BCUT2D eigenvalue weighted by Gasteiger charge is 2.45. The van der Waals surface area contributed by atoms with Crippen LogP contribution in [0.2, 0.25) is 0 Å². The van der Waals surface area contributed by atoms with Crippen LogP contribution in [-0.4, -0.2) is 0 Å². The van der Waals surface area contributed by atoms with E-state index in [2.05, 4.69) is 205 Å². The van der Waals surface area contributed by atoms with Crippen LogP contribution in [0, 0.1) is 0 Å². The van der Waals surface area contributed by atoms with Crippen molar-refractivity contribution in [2.24, 2.45) is 0 Å². The number of fused-ring (bicyclic) bond motifs is 6. The highest BCUT2D eigenvalue weighted by molar-refractivity contribution is 7.26. The number of thiophene rings is 1. The fourth-order valence-corrected chi connectivity index (χ4v) is 9.57. The summed E-state index contributed by atoms with van der Waals surface area (Å²) in [6, 6.07) is 73.2. The van der Waals surface area contributed by atoms with Crippen molar-refractivity contribution in [3.63, 3.8) is 0 Å². The van der Waals surface area contributed by atoms with E-state index < -0.39 is 5.41 Å². The highest BCUT2D eigenvalue weighted by Crippen LogP contribution is 2.56. The topological polar surface area (TPSA) is 3.24 Å². The van der Waals surface area contributed by atoms with Crippen LogP contribution in [0.5, 0.6) is 0 Å². The number of anilines is 3. The lowest BCUT2D eigenvalue weighted by molar-refractivity contribution is 0.770. The fraction of sp³-hybridized carbons (Fsp3) is 0.0204. The Balaban J connectivity index is 1.12. The predicted octanol–water partition coefficient (Wildman–Crippen LogP) is 13.6. The molecule has 1 heterocycles. The van der Waals surface area contributed by atoms with Crippen molar-refractivity contribution in [3.05, 3.63) is 222 Å². The van der Waals surface area contributed by atoms with E-state index in [0.29, 0.717) is 0 Å². The molecule has 9 aromatic rings. The van der Waals surface area contributed by atoms with Crippen LogP contribution in [-0.2, 0) is 5.41 Å². The van der Waals surface area contributed by atoms with E-state index in [9.17, 15) is 0 Å². The Hall–Kier alpha value is -6.22. The molecule has 10 rings (SSSR count). The summed E-state index contributed by atoms with van der Waals surface area (Å²) in [7, 11) is 0. The minimum absolute atomic E-state index is 0.402. The van der Waals surface area contributed by atoms with E-state index in [1.807, 2.05) is 11.3 Å². The first-order chi connectivity index (χ1) is 25.3. The first-order valence-electron chi connectivity index (χ1n) is 17.5. The van der Waals surface area contributed by atoms with E-state index in [-0.39, 0.29) is 0 Å². The zero-order chi connectivity index (χ0) is 33.8. The second-order valence-corrected chi connectivity index (χ2v) is 14.3. The zero-order valence-corrected chi connectivity index (χ0v) is 28.7. The molecule has 0 atom stereocenters. The monoisotopic (exact) mass is 667 g/mol. The number of hydrogen-bond acceptors (Lipinski definition) is 2. The van der Waals surface area contributed by atoms with Gasteiger partial charge in [0.15, 0.2) is 0 Å². The molecule has 1 aliphatic carbocycles. The molecule has 0 fully saturated rings. The molecular formula is C49H33NS. The molecule has 240 valence electrons. The number of hydrogen-bond donors (Lipinski definition) is 0. The molecular weight excluding hydrogens is 635 g/mol. The van der Waals surface area contributed by atoms with E-state index in [1.54, 1.807) is 0 Å². The van der Waals surface area contributed by atoms with Crippen molar-refractivity contribution in [3.8, 4) is 22.3 Å². The summed E-state index contributed by atoms with van der Waals surface area (Å²) in [5.41, 5.74) is 13.4. The second kappa shape index (κ2) is 12.0. The molecule has 8 aromatic carbocycles. The van der Waals surface area contributed by atoms with E-state index in [4.69, 9.17) is 0 Å². The zero-order valence-electron chi connectivity index (χ0n) is 27.9. The van der Waals surface area contributed by atoms with E-state index >= 15 is 0 Å². The maximum Gasteiger partial charge on any atom is 0.0714 e. The molecule has 0 saturated heterocycles. The smallest absolute Gasteiger partial charge is 0.0714 e. The van der Waals surface area contributed by atoms with Crippen LogP contribution >= 0.6 is 11.3 Å². The summed E-state index contributed by atoms with van der Waals surface area (Å²) >= 11 is 1.89. The van der Waals surface area contributed by atoms with Gasteiger partial charge in [-0.1, -0.05) is 152 Å². The lowest BCUT2D eigenvalue weighted by Gasteiger charge is -2.33. The van der Waals surface area contributed by atoms with Gasteiger partial charge in [0.25, 0.3) is 0 Å². The lowest BCUT2D eigenvalue weighted by atomic mass is 9.67. The van der Waals surface area contributed by atoms with Crippen molar-refractivity contribution in [2.75, 3.05) is 4.90 Å². The Bertz CT molecular complexity index is 2590. The third kappa shape index (κ3) is 4.61. The summed E-state index contributed by atoms with van der Waals surface area (Å²) in [5, 5.41) is 2.62. The Morgan fingerprint density at radius 2 is 0.902 bits per heavy atom. The number of rotatable bonds is 6. The van der Waals surface area contributed by atoms with Crippen LogP contribution in [0.3, 0.4) is 0 Å². The van der Waals surface area contributed by atoms with Crippen LogP contribution in [0.25, 0.3) is 42.4 Å². The quantitative estimate of drug-likeness (QED) is 0.171. The van der Waals surface area contributed by atoms with E-state index in [0.717, 1.165) is 17.1 Å². The lowest BCUT2D eigenvalue weighted by Crippen LogP contribution is -2.28. The summed E-state index contributed by atoms with van der Waals surface area (Å²) < 4.78 is 2.61. The number of benzene rings is 8. The van der Waals surface area contributed by atoms with Crippen LogP contribution in [0.4, 0.5) is 17.1 Å². The molecule has 2 heteroatoms. The van der Waals surface area contributed by atoms with Crippen molar-refractivity contribution in [1.82, 2.24) is 0 Å². The van der Waals surface area contributed by atoms with Gasteiger partial charge in [-0.2, -0.15) is 0 Å². The standard InChI is InChI=1S/C49H33NS/c1-4-15-35(16-5-1)49(44-24-12-10-21-41(44)42-22-11-13-25-45(42)49)36-29-32-43-47(33-36)51-46-26-14-23-40(48(43)46)34-27-30-39(31-28-34)50(37-17-6-2-7-18-37)38-19-8-3-9-20-38/h1-33H. The first kappa shape index (κ1) is 29.7. The van der Waals surface area contributed by atoms with Gasteiger partial charge in [0.1, 0.15) is 0 Å². The molecule has 0 spiro atoms. The van der Waals surface area contributed by atoms with Gasteiger partial charge in [-0.3, -0.25) is 0 Å². The van der Waals surface area contributed by atoms with Crippen molar-refractivity contribution in [2.45, 2.75) is 5.41 Å². The Kier molecular flexibility index (Phi) is 6.97. The molecule has 1 nitrogen and oxygen atoms in total. The van der Waals surface area contributed by atoms with Gasteiger partial charge in [0, 0.05) is 37.2 Å². The van der Waals surface area contributed by atoms with Crippen molar-refractivity contribution in [1.29, 1.82) is 0 Å². The molecule has 0 aliphatic heterocycles. The largest absolute Gasteiger partial charge is 0.311 e. The third-order valence-corrected chi connectivity index (χ3v) is 11.7. The number of nitrogens with zero attached hydrogens (tertiary/aromatic N) is 1. The molecule has 51 heavy (non-hydrogen) atoms. The minimum atomic E-state index is -0.402. The Labute approximate surface area is 302 Å². The van der Waals surface area contributed by atoms with Crippen LogP contribution in [0.1, 0.15) is 22.3 Å². The highest BCUT2D eigenvalue weighted by atomic mass is 32.1. The summed E-state index contributed by atoms with van der Waals surface area (Å²) in [4.78, 5) is 2.31. The molecule has 0 saturated carbocycles. The molecule has 0 radical (unpaired) electrons. The van der Waals surface area contributed by atoms with E-state index in [1.165, 1.54) is 64.7 Å². The summed E-state index contributed by atoms with van der Waals surface area (Å²) in [6.07, 6.45) is 0. The Morgan fingerprint density at radius 1 is 0.373 bits per heavy atom. The average molecular weight is 668 g/mol. The van der Waals surface area contributed by atoms with Crippen molar-refractivity contribution >= 4 is 48.6 Å². The first-order valence-corrected chi connectivity index (χ1v) is 18.3. The molecule has 0 N–H and O–H groups in total.